The van der Waals surface area contributed by atoms with Gasteiger partial charge in [0.05, 0.1) is 26.5 Å². The van der Waals surface area contributed by atoms with Crippen molar-refractivity contribution in [2.45, 2.75) is 71.8 Å². The Morgan fingerprint density at radius 1 is 0.840 bits per heavy atom. The average molecular weight is 370 g/mol. The van der Waals surface area contributed by atoms with E-state index in [-0.39, 0.29) is 0 Å². The van der Waals surface area contributed by atoms with Gasteiger partial charge in [-0.25, -0.2) is 0 Å². The summed E-state index contributed by atoms with van der Waals surface area (Å²) in [6, 6.07) is 7.62. The molecule has 1 atom stereocenters. The summed E-state index contributed by atoms with van der Waals surface area (Å²) < 4.78 is 29.5. The maximum absolute atomic E-state index is 12.9. The fourth-order valence-electron chi connectivity index (χ4n) is 2.50. The lowest BCUT2D eigenvalue weighted by atomic mass is 10.1. The highest BCUT2D eigenvalue weighted by Gasteiger charge is 2.23. The molecule has 1 aromatic rings. The van der Waals surface area contributed by atoms with Crippen LogP contribution >= 0.6 is 7.60 Å². The first-order valence-corrected chi connectivity index (χ1v) is 11.4. The minimum absolute atomic E-state index is 0.307. The topological polar surface area (TPSA) is 44.8 Å². The van der Waals surface area contributed by atoms with E-state index in [4.69, 9.17) is 13.8 Å². The van der Waals surface area contributed by atoms with Crippen molar-refractivity contribution in [2.75, 3.05) is 19.9 Å². The third-order valence-electron chi connectivity index (χ3n) is 4.16. The second kappa shape index (κ2) is 13.4. The largest absolute Gasteiger partial charge is 0.497 e. The molecular weight excluding hydrogens is 335 g/mol. The van der Waals surface area contributed by atoms with Crippen LogP contribution in [0.2, 0.25) is 0 Å². The van der Waals surface area contributed by atoms with Crippen LogP contribution in [-0.4, -0.2) is 19.9 Å². The lowest BCUT2D eigenvalue weighted by molar-refractivity contribution is 0.194. The van der Waals surface area contributed by atoms with Gasteiger partial charge in [0.15, 0.2) is 0 Å². The maximum Gasteiger partial charge on any atom is 0.330 e. The Morgan fingerprint density at radius 3 is 2.12 bits per heavy atom. The van der Waals surface area contributed by atoms with E-state index in [9.17, 15) is 4.57 Å². The first-order chi connectivity index (χ1) is 12.1. The quantitative estimate of drug-likeness (QED) is 0.258. The fraction of sp³-hybridized carbons (Fsp3) is 0.700. The van der Waals surface area contributed by atoms with Gasteiger partial charge in [-0.3, -0.25) is 4.57 Å². The van der Waals surface area contributed by atoms with Crippen LogP contribution in [-0.2, 0) is 20.2 Å². The van der Waals surface area contributed by atoms with Crippen molar-refractivity contribution in [3.05, 3.63) is 29.8 Å². The number of unbranched alkanes of at least 4 members (excludes halogenated alkanes) is 6. The number of hydrogen-bond acceptors (Lipinski definition) is 4. The summed E-state index contributed by atoms with van der Waals surface area (Å²) in [5, 5.41) is 0. The minimum Gasteiger partial charge on any atom is -0.497 e. The molecule has 0 aliphatic carbocycles. The van der Waals surface area contributed by atoms with Crippen molar-refractivity contribution in [3.63, 3.8) is 0 Å². The number of benzene rings is 1. The lowest BCUT2D eigenvalue weighted by Gasteiger charge is -2.18. The molecule has 0 heterocycles. The molecule has 0 N–H and O–H groups in total. The first kappa shape index (κ1) is 22.2. The number of hydrogen-bond donors (Lipinski definition) is 0. The molecule has 0 bridgehead atoms. The SMILES string of the molecule is CCCCCCCCOP(=O)(CCCC)OCc1ccc(OC)cc1. The van der Waals surface area contributed by atoms with Gasteiger partial charge >= 0.3 is 7.60 Å². The third kappa shape index (κ3) is 10.0. The zero-order chi connectivity index (χ0) is 18.4. The molecule has 0 radical (unpaired) electrons. The molecule has 0 amide bonds. The van der Waals surface area contributed by atoms with E-state index in [0.29, 0.717) is 19.4 Å². The van der Waals surface area contributed by atoms with E-state index in [0.717, 1.165) is 37.0 Å². The molecule has 0 aliphatic heterocycles. The highest BCUT2D eigenvalue weighted by atomic mass is 31.2. The van der Waals surface area contributed by atoms with Gasteiger partial charge in [-0.15, -0.1) is 0 Å². The molecule has 25 heavy (non-hydrogen) atoms. The van der Waals surface area contributed by atoms with E-state index in [1.165, 1.54) is 25.7 Å². The molecule has 4 nitrogen and oxygen atoms in total. The van der Waals surface area contributed by atoms with Gasteiger partial charge in [0.25, 0.3) is 0 Å². The standard InChI is InChI=1S/C20H35O4P/c1-4-6-8-9-10-11-16-23-25(21,17-7-5-2)24-18-19-12-14-20(22-3)15-13-19/h12-15H,4-11,16-18H2,1-3H3. The highest BCUT2D eigenvalue weighted by molar-refractivity contribution is 7.53. The van der Waals surface area contributed by atoms with E-state index < -0.39 is 7.60 Å². The molecule has 0 aromatic heterocycles. The minimum atomic E-state index is -3.01. The number of ether oxygens (including phenoxy) is 1. The predicted octanol–water partition coefficient (Wildman–Crippen LogP) is 6.58. The molecule has 0 spiro atoms. The molecular formula is C20H35O4P. The van der Waals surface area contributed by atoms with E-state index in [1.807, 2.05) is 24.3 Å². The average Bonchev–Trinajstić information content (AvgIpc) is 2.64. The smallest absolute Gasteiger partial charge is 0.330 e. The summed E-state index contributed by atoms with van der Waals surface area (Å²) in [5.74, 6) is 0.803. The normalized spacial score (nSPS) is 13.6. The fourth-order valence-corrected chi connectivity index (χ4v) is 4.29. The summed E-state index contributed by atoms with van der Waals surface area (Å²) in [4.78, 5) is 0. The van der Waals surface area contributed by atoms with Crippen LogP contribution in [0.15, 0.2) is 24.3 Å². The summed E-state index contributed by atoms with van der Waals surface area (Å²) in [7, 11) is -1.37. The molecule has 1 aromatic carbocycles. The summed E-state index contributed by atoms with van der Waals surface area (Å²) in [5.41, 5.74) is 0.973. The van der Waals surface area contributed by atoms with Gasteiger partial charge in [-0.2, -0.15) is 0 Å². The van der Waals surface area contributed by atoms with Crippen LogP contribution in [0.4, 0.5) is 0 Å². The Kier molecular flexibility index (Phi) is 11.9. The zero-order valence-electron chi connectivity index (χ0n) is 16.2. The molecule has 0 fully saturated rings. The number of methoxy groups -OCH3 is 1. The highest BCUT2D eigenvalue weighted by Crippen LogP contribution is 2.50. The zero-order valence-corrected chi connectivity index (χ0v) is 17.1. The molecule has 0 aliphatic rings. The van der Waals surface area contributed by atoms with Gasteiger partial charge in [0.2, 0.25) is 0 Å². The Bertz CT molecular complexity index is 487. The second-order valence-electron chi connectivity index (χ2n) is 6.41. The summed E-state index contributed by atoms with van der Waals surface area (Å²) in [6.07, 6.45) is 9.46. The molecule has 1 unspecified atom stereocenters. The van der Waals surface area contributed by atoms with Crippen molar-refractivity contribution < 1.29 is 18.3 Å². The Morgan fingerprint density at radius 2 is 1.48 bits per heavy atom. The van der Waals surface area contributed by atoms with E-state index >= 15 is 0 Å². The van der Waals surface area contributed by atoms with Gasteiger partial charge in [0.1, 0.15) is 5.75 Å². The van der Waals surface area contributed by atoms with Gasteiger partial charge in [-0.1, -0.05) is 64.5 Å². The van der Waals surface area contributed by atoms with Crippen molar-refractivity contribution >= 4 is 7.60 Å². The van der Waals surface area contributed by atoms with Crippen LogP contribution in [0.3, 0.4) is 0 Å². The van der Waals surface area contributed by atoms with E-state index in [1.54, 1.807) is 7.11 Å². The Balaban J connectivity index is 2.40. The molecule has 0 saturated carbocycles. The monoisotopic (exact) mass is 370 g/mol. The first-order valence-electron chi connectivity index (χ1n) is 9.64. The molecule has 0 saturated heterocycles. The Labute approximate surface area is 153 Å². The van der Waals surface area contributed by atoms with Gasteiger partial charge in [-0.05, 0) is 30.5 Å². The van der Waals surface area contributed by atoms with Crippen LogP contribution in [0.25, 0.3) is 0 Å². The van der Waals surface area contributed by atoms with Crippen LogP contribution in [0.1, 0.15) is 70.8 Å². The third-order valence-corrected chi connectivity index (χ3v) is 6.12. The van der Waals surface area contributed by atoms with Crippen molar-refractivity contribution in [3.8, 4) is 5.75 Å². The van der Waals surface area contributed by atoms with Crippen molar-refractivity contribution in [1.29, 1.82) is 0 Å². The molecule has 144 valence electrons. The number of rotatable bonds is 15. The van der Waals surface area contributed by atoms with Crippen molar-refractivity contribution in [2.24, 2.45) is 0 Å². The van der Waals surface area contributed by atoms with Crippen LogP contribution in [0.5, 0.6) is 5.75 Å². The summed E-state index contributed by atoms with van der Waals surface area (Å²) in [6.45, 7) is 5.13. The van der Waals surface area contributed by atoms with Gasteiger partial charge in [0, 0.05) is 0 Å². The van der Waals surface area contributed by atoms with E-state index in [2.05, 4.69) is 13.8 Å². The Hall–Kier alpha value is -0.830. The second-order valence-corrected chi connectivity index (χ2v) is 8.60. The van der Waals surface area contributed by atoms with Crippen LogP contribution in [0, 0.1) is 0 Å². The maximum atomic E-state index is 12.9. The van der Waals surface area contributed by atoms with Crippen molar-refractivity contribution in [1.82, 2.24) is 0 Å². The van der Waals surface area contributed by atoms with Gasteiger partial charge < -0.3 is 13.8 Å². The van der Waals surface area contributed by atoms with Crippen LogP contribution < -0.4 is 4.74 Å². The summed E-state index contributed by atoms with van der Waals surface area (Å²) >= 11 is 0. The molecule has 5 heteroatoms. The molecule has 1 rings (SSSR count). The predicted molar refractivity (Wildman–Crippen MR) is 104 cm³/mol. The lowest BCUT2D eigenvalue weighted by Crippen LogP contribution is -2.02.